The molecule has 2 aromatic rings. The second kappa shape index (κ2) is 7.47. The first-order valence-electron chi connectivity index (χ1n) is 9.34. The Labute approximate surface area is 163 Å². The number of halogens is 1. The summed E-state index contributed by atoms with van der Waals surface area (Å²) < 4.78 is 38.1. The number of pyridine rings is 1. The number of carbonyl (C=O) groups is 1. The third kappa shape index (κ3) is 4.14. The highest BCUT2D eigenvalue weighted by Crippen LogP contribution is 2.34. The van der Waals surface area contributed by atoms with Crippen LogP contribution in [-0.4, -0.2) is 31.6 Å². The van der Waals surface area contributed by atoms with Gasteiger partial charge < -0.3 is 0 Å². The number of sulfonamides is 1. The molecule has 0 bridgehead atoms. The van der Waals surface area contributed by atoms with E-state index < -0.39 is 22.5 Å². The van der Waals surface area contributed by atoms with Crippen LogP contribution in [-0.2, 0) is 27.7 Å². The normalized spacial score (nSPS) is 15.5. The van der Waals surface area contributed by atoms with Gasteiger partial charge in [0.2, 0.25) is 10.0 Å². The van der Waals surface area contributed by atoms with Gasteiger partial charge in [0.25, 0.3) is 0 Å². The molecule has 7 heteroatoms. The lowest BCUT2D eigenvalue weighted by molar-refractivity contribution is -0.119. The number of allylic oxidation sites excluding steroid dienone is 1. The van der Waals surface area contributed by atoms with Crippen LogP contribution in [0.15, 0.2) is 36.4 Å². The summed E-state index contributed by atoms with van der Waals surface area (Å²) in [5.41, 5.74) is 5.07. The number of nitrogens with zero attached hydrogens (tertiary/aromatic N) is 1. The molecule has 1 saturated carbocycles. The molecule has 0 spiro atoms. The molecule has 1 aromatic carbocycles. The third-order valence-electron chi connectivity index (χ3n) is 4.99. The summed E-state index contributed by atoms with van der Waals surface area (Å²) in [6, 6.07) is 8.91. The maximum absolute atomic E-state index is 12.3. The first-order chi connectivity index (χ1) is 13.4. The van der Waals surface area contributed by atoms with Crippen LogP contribution in [0.2, 0.25) is 0 Å². The molecule has 1 fully saturated rings. The molecule has 2 aliphatic rings. The second-order valence-electron chi connectivity index (χ2n) is 7.23. The van der Waals surface area contributed by atoms with E-state index in [1.807, 2.05) is 30.4 Å². The number of anilines is 1. The lowest BCUT2D eigenvalue weighted by Crippen LogP contribution is -2.17. The van der Waals surface area contributed by atoms with Crippen molar-refractivity contribution in [3.63, 3.8) is 0 Å². The van der Waals surface area contributed by atoms with Crippen LogP contribution in [0.5, 0.6) is 0 Å². The third-order valence-corrected chi connectivity index (χ3v) is 6.23. The highest BCUT2D eigenvalue weighted by Gasteiger charge is 2.30. The molecule has 1 aromatic heterocycles. The van der Waals surface area contributed by atoms with E-state index in [0.717, 1.165) is 47.3 Å². The Bertz CT molecular complexity index is 1040. The van der Waals surface area contributed by atoms with Crippen molar-refractivity contribution >= 4 is 27.6 Å². The monoisotopic (exact) mass is 400 g/mol. The van der Waals surface area contributed by atoms with Crippen LogP contribution < -0.4 is 4.72 Å². The number of hydrogen-bond acceptors (Lipinski definition) is 4. The Kier molecular flexibility index (Phi) is 5.02. The van der Waals surface area contributed by atoms with Crippen molar-refractivity contribution in [3.05, 3.63) is 53.4 Å². The fourth-order valence-corrected chi connectivity index (χ4v) is 4.20. The van der Waals surface area contributed by atoms with E-state index in [9.17, 15) is 17.6 Å². The maximum Gasteiger partial charge on any atom is 0.235 e. The van der Waals surface area contributed by atoms with Crippen LogP contribution in [0.25, 0.3) is 17.2 Å². The van der Waals surface area contributed by atoms with Crippen molar-refractivity contribution in [3.8, 4) is 11.1 Å². The summed E-state index contributed by atoms with van der Waals surface area (Å²) in [7, 11) is -3.68. The summed E-state index contributed by atoms with van der Waals surface area (Å²) in [6.45, 7) is -0.925. The SMILES string of the molecule is O=C(Cc1cc(-c2ccc(NS(=O)(=O)CCF)cc2)c2c(n1)CC=C2)C1CC1. The molecular formula is C21H21FN2O3S. The molecular weight excluding hydrogens is 379 g/mol. The minimum atomic E-state index is -3.68. The number of carbonyl (C=O) groups excluding carboxylic acids is 1. The van der Waals surface area contributed by atoms with E-state index in [0.29, 0.717) is 12.1 Å². The predicted octanol–water partition coefficient (Wildman–Crippen LogP) is 3.55. The Morgan fingerprint density at radius 2 is 1.96 bits per heavy atom. The minimum Gasteiger partial charge on any atom is -0.299 e. The Morgan fingerprint density at radius 1 is 1.21 bits per heavy atom. The van der Waals surface area contributed by atoms with Gasteiger partial charge in [-0.2, -0.15) is 0 Å². The molecule has 0 aliphatic heterocycles. The largest absolute Gasteiger partial charge is 0.299 e. The van der Waals surface area contributed by atoms with Gasteiger partial charge in [-0.1, -0.05) is 24.3 Å². The molecule has 28 heavy (non-hydrogen) atoms. The van der Waals surface area contributed by atoms with Crippen molar-refractivity contribution in [2.45, 2.75) is 25.7 Å². The number of fused-ring (bicyclic) bond motifs is 1. The molecule has 1 N–H and O–H groups in total. The lowest BCUT2D eigenvalue weighted by Gasteiger charge is -2.12. The molecule has 0 amide bonds. The van der Waals surface area contributed by atoms with Crippen LogP contribution in [0.4, 0.5) is 10.1 Å². The van der Waals surface area contributed by atoms with Crippen LogP contribution >= 0.6 is 0 Å². The quantitative estimate of drug-likeness (QED) is 0.735. The van der Waals surface area contributed by atoms with Gasteiger partial charge in [0, 0.05) is 35.7 Å². The van der Waals surface area contributed by atoms with Gasteiger partial charge in [-0.3, -0.25) is 14.5 Å². The molecule has 2 aliphatic carbocycles. The topological polar surface area (TPSA) is 76.1 Å². The average molecular weight is 400 g/mol. The number of alkyl halides is 1. The van der Waals surface area contributed by atoms with Crippen molar-refractivity contribution in [1.29, 1.82) is 0 Å². The number of aromatic nitrogens is 1. The number of Topliss-reactive ketones (excluding diaryl/α,β-unsaturated/α-hetero) is 1. The van der Waals surface area contributed by atoms with Crippen molar-refractivity contribution in [1.82, 2.24) is 4.98 Å². The van der Waals surface area contributed by atoms with E-state index in [2.05, 4.69) is 9.71 Å². The number of ketones is 1. The smallest absolute Gasteiger partial charge is 0.235 e. The van der Waals surface area contributed by atoms with Crippen molar-refractivity contribution < 1.29 is 17.6 Å². The maximum atomic E-state index is 12.3. The molecule has 5 nitrogen and oxygen atoms in total. The highest BCUT2D eigenvalue weighted by molar-refractivity contribution is 7.92. The number of benzene rings is 1. The summed E-state index contributed by atoms with van der Waals surface area (Å²) >= 11 is 0. The van der Waals surface area contributed by atoms with Crippen molar-refractivity contribution in [2.24, 2.45) is 5.92 Å². The zero-order valence-electron chi connectivity index (χ0n) is 15.3. The molecule has 0 saturated heterocycles. The fraction of sp³-hybridized carbons (Fsp3) is 0.333. The standard InChI is InChI=1S/C21H21FN2O3S/c22-10-11-28(26,27)24-16-8-6-14(7-9-16)19-12-17(13-21(25)15-4-5-15)23-20-3-1-2-18(19)20/h1-2,6-9,12,15,24H,3-5,10-11,13H2. The number of rotatable bonds is 8. The molecule has 1 heterocycles. The van der Waals surface area contributed by atoms with E-state index >= 15 is 0 Å². The van der Waals surface area contributed by atoms with Gasteiger partial charge in [0.05, 0.1) is 11.4 Å². The minimum absolute atomic E-state index is 0.202. The zero-order chi connectivity index (χ0) is 19.7. The van der Waals surface area contributed by atoms with Gasteiger partial charge in [0.15, 0.2) is 0 Å². The van der Waals surface area contributed by atoms with Gasteiger partial charge in [-0.25, -0.2) is 12.8 Å². The van der Waals surface area contributed by atoms with E-state index in [1.165, 1.54) is 0 Å². The first-order valence-corrected chi connectivity index (χ1v) is 11.0. The average Bonchev–Trinajstić information content (AvgIpc) is 3.40. The van der Waals surface area contributed by atoms with Gasteiger partial charge in [-0.15, -0.1) is 0 Å². The number of nitrogens with one attached hydrogen (secondary N) is 1. The summed E-state index contributed by atoms with van der Waals surface area (Å²) in [5.74, 6) is -0.106. The number of hydrogen-bond donors (Lipinski definition) is 1. The molecule has 0 unspecified atom stereocenters. The summed E-state index contributed by atoms with van der Waals surface area (Å²) in [5, 5.41) is 0. The van der Waals surface area contributed by atoms with Gasteiger partial charge in [0.1, 0.15) is 12.5 Å². The van der Waals surface area contributed by atoms with E-state index in [1.54, 1.807) is 12.1 Å². The second-order valence-corrected chi connectivity index (χ2v) is 9.07. The van der Waals surface area contributed by atoms with Crippen LogP contribution in [0.1, 0.15) is 29.8 Å². The molecule has 0 radical (unpaired) electrons. The molecule has 4 rings (SSSR count). The van der Waals surface area contributed by atoms with E-state index in [4.69, 9.17) is 0 Å². The Morgan fingerprint density at radius 3 is 2.64 bits per heavy atom. The van der Waals surface area contributed by atoms with Gasteiger partial charge >= 0.3 is 0 Å². The van der Waals surface area contributed by atoms with Crippen LogP contribution in [0.3, 0.4) is 0 Å². The van der Waals surface area contributed by atoms with Gasteiger partial charge in [-0.05, 0) is 42.2 Å². The molecule has 0 atom stereocenters. The zero-order valence-corrected chi connectivity index (χ0v) is 16.1. The first kappa shape index (κ1) is 18.8. The highest BCUT2D eigenvalue weighted by atomic mass is 32.2. The fourth-order valence-electron chi connectivity index (χ4n) is 3.40. The van der Waals surface area contributed by atoms with E-state index in [-0.39, 0.29) is 11.7 Å². The summed E-state index contributed by atoms with van der Waals surface area (Å²) in [6.07, 6.45) is 7.14. The lowest BCUT2D eigenvalue weighted by atomic mass is 9.97. The Balaban J connectivity index is 1.61. The Hall–Kier alpha value is -2.54. The van der Waals surface area contributed by atoms with Crippen LogP contribution in [0, 0.1) is 5.92 Å². The summed E-state index contributed by atoms with van der Waals surface area (Å²) in [4.78, 5) is 16.9. The predicted molar refractivity (Wildman–Crippen MR) is 107 cm³/mol. The van der Waals surface area contributed by atoms with Crippen molar-refractivity contribution in [2.75, 3.05) is 17.1 Å². The molecule has 146 valence electrons.